The largest absolute Gasteiger partial charge is 0.496 e. The van der Waals surface area contributed by atoms with Gasteiger partial charge in [-0.3, -0.25) is 4.98 Å². The Labute approximate surface area is 188 Å². The zero-order chi connectivity index (χ0) is 23.4. The second-order valence-electron chi connectivity index (χ2n) is 7.35. The standard InChI is InChI=1S/C23H27NO2.C2H6O.C2H6/c1-5-6-7-17-8-9-18-10-11-24-21(20(18)14-17)22(25)19-12-15(2)23(26-4)16(3)13-19;1-3-2;1-2/h8-14,22,25H,5-7H2,1-4H3;1-2H3;1-2H3. The molecule has 1 aromatic heterocycles. The molecule has 0 spiro atoms. The fourth-order valence-electron chi connectivity index (χ4n) is 3.61. The second-order valence-corrected chi connectivity index (χ2v) is 7.35. The van der Waals surface area contributed by atoms with Gasteiger partial charge in [0.2, 0.25) is 0 Å². The van der Waals surface area contributed by atoms with Crippen LogP contribution in [0.4, 0.5) is 0 Å². The first kappa shape index (κ1) is 26.6. The van der Waals surface area contributed by atoms with E-state index < -0.39 is 6.10 Å². The molecule has 0 aliphatic rings. The molecular weight excluding hydrogens is 386 g/mol. The number of aryl methyl sites for hydroxylation is 3. The summed E-state index contributed by atoms with van der Waals surface area (Å²) in [5, 5.41) is 13.2. The quantitative estimate of drug-likeness (QED) is 0.485. The van der Waals surface area contributed by atoms with Crippen molar-refractivity contribution in [3.8, 4) is 5.75 Å². The molecule has 0 aliphatic heterocycles. The number of hydrogen-bond donors (Lipinski definition) is 1. The van der Waals surface area contributed by atoms with Crippen molar-refractivity contribution in [2.45, 2.75) is 60.0 Å². The Morgan fingerprint density at radius 2 is 1.58 bits per heavy atom. The molecule has 3 aromatic rings. The summed E-state index contributed by atoms with van der Waals surface area (Å²) in [6, 6.07) is 12.5. The molecule has 0 radical (unpaired) electrons. The number of hydrogen-bond acceptors (Lipinski definition) is 4. The molecule has 4 nitrogen and oxygen atoms in total. The lowest BCUT2D eigenvalue weighted by Crippen LogP contribution is -2.05. The van der Waals surface area contributed by atoms with Crippen LogP contribution < -0.4 is 4.74 Å². The molecule has 2 aromatic carbocycles. The predicted molar refractivity (Wildman–Crippen MR) is 131 cm³/mol. The third-order valence-electron chi connectivity index (χ3n) is 4.94. The van der Waals surface area contributed by atoms with E-state index in [1.54, 1.807) is 27.5 Å². The van der Waals surface area contributed by atoms with Gasteiger partial charge in [-0.05, 0) is 78.6 Å². The maximum Gasteiger partial charge on any atom is 0.124 e. The Morgan fingerprint density at radius 3 is 2.13 bits per heavy atom. The molecule has 1 unspecified atom stereocenters. The van der Waals surface area contributed by atoms with E-state index in [9.17, 15) is 5.11 Å². The summed E-state index contributed by atoms with van der Waals surface area (Å²) in [5.41, 5.74) is 4.89. The van der Waals surface area contributed by atoms with E-state index in [-0.39, 0.29) is 0 Å². The number of aliphatic hydroxyl groups excluding tert-OH is 1. The van der Waals surface area contributed by atoms with Crippen molar-refractivity contribution in [3.63, 3.8) is 0 Å². The first-order chi connectivity index (χ1) is 15.0. The third-order valence-corrected chi connectivity index (χ3v) is 4.94. The summed E-state index contributed by atoms with van der Waals surface area (Å²) in [6.45, 7) is 10.2. The van der Waals surface area contributed by atoms with Gasteiger partial charge in [-0.2, -0.15) is 0 Å². The lowest BCUT2D eigenvalue weighted by Gasteiger charge is -2.17. The van der Waals surface area contributed by atoms with Gasteiger partial charge < -0.3 is 14.6 Å². The maximum absolute atomic E-state index is 11.1. The molecule has 1 heterocycles. The molecule has 1 atom stereocenters. The van der Waals surface area contributed by atoms with Crippen LogP contribution in [-0.4, -0.2) is 31.4 Å². The molecule has 0 bridgehead atoms. The average molecular weight is 426 g/mol. The highest BCUT2D eigenvalue weighted by molar-refractivity contribution is 5.85. The topological polar surface area (TPSA) is 51.6 Å². The first-order valence-corrected chi connectivity index (χ1v) is 11.1. The Kier molecular flexibility index (Phi) is 11.8. The van der Waals surface area contributed by atoms with Crippen molar-refractivity contribution in [2.24, 2.45) is 0 Å². The van der Waals surface area contributed by atoms with Gasteiger partial charge in [0.05, 0.1) is 12.8 Å². The summed E-state index contributed by atoms with van der Waals surface area (Å²) in [5.74, 6) is 0.869. The first-order valence-electron chi connectivity index (χ1n) is 11.1. The Hall–Kier alpha value is -2.43. The molecule has 0 aliphatic carbocycles. The van der Waals surface area contributed by atoms with Crippen LogP contribution in [0, 0.1) is 13.8 Å². The molecular formula is C27H39NO3. The van der Waals surface area contributed by atoms with Crippen LogP contribution in [0.2, 0.25) is 0 Å². The molecule has 170 valence electrons. The van der Waals surface area contributed by atoms with E-state index in [0.29, 0.717) is 5.69 Å². The minimum Gasteiger partial charge on any atom is -0.496 e. The molecule has 1 N–H and O–H groups in total. The van der Waals surface area contributed by atoms with Crippen molar-refractivity contribution in [1.29, 1.82) is 0 Å². The normalized spacial score (nSPS) is 11.1. The molecule has 0 fully saturated rings. The Balaban J connectivity index is 0.000000884. The molecule has 0 saturated heterocycles. The van der Waals surface area contributed by atoms with Gasteiger partial charge in [-0.1, -0.05) is 39.3 Å². The lowest BCUT2D eigenvalue weighted by molar-refractivity contribution is 0.217. The van der Waals surface area contributed by atoms with Crippen molar-refractivity contribution in [1.82, 2.24) is 4.98 Å². The highest BCUT2D eigenvalue weighted by atomic mass is 16.5. The number of rotatable bonds is 6. The number of benzene rings is 2. The van der Waals surface area contributed by atoms with E-state index in [4.69, 9.17) is 4.74 Å². The Morgan fingerprint density at radius 1 is 0.968 bits per heavy atom. The monoisotopic (exact) mass is 425 g/mol. The number of ether oxygens (including phenoxy) is 2. The highest BCUT2D eigenvalue weighted by Crippen LogP contribution is 2.32. The van der Waals surface area contributed by atoms with Gasteiger partial charge in [0.15, 0.2) is 0 Å². The maximum atomic E-state index is 11.1. The summed E-state index contributed by atoms with van der Waals surface area (Å²) >= 11 is 0. The van der Waals surface area contributed by atoms with Crippen LogP contribution in [-0.2, 0) is 11.2 Å². The smallest absolute Gasteiger partial charge is 0.124 e. The number of aliphatic hydroxyl groups is 1. The number of methoxy groups -OCH3 is 2. The lowest BCUT2D eigenvalue weighted by atomic mass is 9.96. The summed E-state index contributed by atoms with van der Waals surface area (Å²) in [7, 11) is 4.93. The van der Waals surface area contributed by atoms with Gasteiger partial charge >= 0.3 is 0 Å². The summed E-state index contributed by atoms with van der Waals surface area (Å²) in [4.78, 5) is 4.53. The highest BCUT2D eigenvalue weighted by Gasteiger charge is 2.18. The summed E-state index contributed by atoms with van der Waals surface area (Å²) < 4.78 is 9.69. The molecule has 0 amide bonds. The van der Waals surface area contributed by atoms with Crippen molar-refractivity contribution < 1.29 is 14.6 Å². The minimum atomic E-state index is -0.761. The minimum absolute atomic E-state index is 0.713. The van der Waals surface area contributed by atoms with Crippen molar-refractivity contribution >= 4 is 10.8 Å². The third kappa shape index (κ3) is 7.05. The summed E-state index contributed by atoms with van der Waals surface area (Å²) in [6.07, 6.45) is 4.40. The van der Waals surface area contributed by atoms with Crippen LogP contribution in [0.15, 0.2) is 42.6 Å². The van der Waals surface area contributed by atoms with Gasteiger partial charge in [-0.25, -0.2) is 0 Å². The van der Waals surface area contributed by atoms with Gasteiger partial charge in [-0.15, -0.1) is 0 Å². The van der Waals surface area contributed by atoms with Crippen LogP contribution in [0.5, 0.6) is 5.75 Å². The van der Waals surface area contributed by atoms with Crippen LogP contribution >= 0.6 is 0 Å². The number of fused-ring (bicyclic) bond motifs is 1. The molecule has 0 saturated carbocycles. The fourth-order valence-corrected chi connectivity index (χ4v) is 3.61. The number of aromatic nitrogens is 1. The molecule has 4 heteroatoms. The number of nitrogens with zero attached hydrogens (tertiary/aromatic N) is 1. The number of pyridine rings is 1. The number of unbranched alkanes of at least 4 members (excludes halogenated alkanes) is 1. The van der Waals surface area contributed by atoms with E-state index in [1.807, 2.05) is 45.9 Å². The van der Waals surface area contributed by atoms with Gasteiger partial charge in [0, 0.05) is 25.8 Å². The van der Waals surface area contributed by atoms with Crippen molar-refractivity contribution in [3.05, 3.63) is 70.5 Å². The van der Waals surface area contributed by atoms with Gasteiger partial charge in [0.1, 0.15) is 11.9 Å². The Bertz CT molecular complexity index is 914. The van der Waals surface area contributed by atoms with E-state index in [2.05, 4.69) is 34.8 Å². The average Bonchev–Trinajstić information content (AvgIpc) is 2.78. The zero-order valence-corrected chi connectivity index (χ0v) is 20.5. The molecule has 3 rings (SSSR count). The van der Waals surface area contributed by atoms with Crippen LogP contribution in [0.3, 0.4) is 0 Å². The van der Waals surface area contributed by atoms with Crippen LogP contribution in [0.25, 0.3) is 10.8 Å². The second kappa shape index (κ2) is 13.8. The van der Waals surface area contributed by atoms with Crippen molar-refractivity contribution in [2.75, 3.05) is 21.3 Å². The van der Waals surface area contributed by atoms with Gasteiger partial charge in [0.25, 0.3) is 0 Å². The van der Waals surface area contributed by atoms with E-state index >= 15 is 0 Å². The van der Waals surface area contributed by atoms with Crippen LogP contribution in [0.1, 0.15) is 67.7 Å². The molecule has 31 heavy (non-hydrogen) atoms. The van der Waals surface area contributed by atoms with E-state index in [1.165, 1.54) is 18.4 Å². The fraction of sp³-hybridized carbons (Fsp3) is 0.444. The van der Waals surface area contributed by atoms with E-state index in [0.717, 1.165) is 39.6 Å². The zero-order valence-electron chi connectivity index (χ0n) is 20.5. The SMILES string of the molecule is CC.CCCCc1ccc2ccnc(C(O)c3cc(C)c(OC)c(C)c3)c2c1.COC. The predicted octanol–water partition coefficient (Wildman–Crippen LogP) is 6.57.